The number of hydrogen-bond acceptors (Lipinski definition) is 18. The van der Waals surface area contributed by atoms with Gasteiger partial charge < -0.3 is 67.8 Å². The number of carbonyl (C=O) groups is 4. The quantitative estimate of drug-likeness (QED) is 0.130. The molecule has 0 aliphatic carbocycles. The molecule has 18 heteroatoms. The monoisotopic (exact) mass is 936 g/mol. The van der Waals surface area contributed by atoms with Gasteiger partial charge in [0.25, 0.3) is 0 Å². The number of nitrogens with zero attached hydrogens (tertiary/aromatic N) is 3. The summed E-state index contributed by atoms with van der Waals surface area (Å²) >= 11 is 0. The first-order chi connectivity index (χ1) is 31.3. The number of aromatic nitrogens is 1. The minimum absolute atomic E-state index is 0.0138. The smallest absolute Gasteiger partial charge is 0.314 e. The first kappa shape index (κ1) is 55.2. The number of β-amino-alcohol motifs (C(OH)–C–C–N with tert-alkyl or cyclic N) is 1. The number of cyclic esters (lactones) is 1. The summed E-state index contributed by atoms with van der Waals surface area (Å²) in [5, 5.41) is 35.2. The number of aldehydes is 1. The van der Waals surface area contributed by atoms with E-state index in [1.54, 1.807) is 59.1 Å². The minimum Gasteiger partial charge on any atom is -0.466 e. The molecule has 3 aliphatic heterocycles. The lowest BCUT2D eigenvalue weighted by molar-refractivity contribution is -0.340. The zero-order chi connectivity index (χ0) is 48.7. The Labute approximate surface area is 390 Å². The van der Waals surface area contributed by atoms with Gasteiger partial charge in [0.2, 0.25) is 0 Å². The van der Waals surface area contributed by atoms with E-state index < -0.39 is 115 Å². The van der Waals surface area contributed by atoms with Gasteiger partial charge in [-0.15, -0.1) is 0 Å². The highest BCUT2D eigenvalue weighted by Gasteiger charge is 2.54. The molecule has 0 spiro atoms. The van der Waals surface area contributed by atoms with E-state index >= 15 is 0 Å². The summed E-state index contributed by atoms with van der Waals surface area (Å²) in [6.45, 7) is 11.2. The van der Waals surface area contributed by atoms with E-state index in [4.69, 9.17) is 37.9 Å². The molecule has 66 heavy (non-hydrogen) atoms. The molecule has 4 rings (SSSR count). The van der Waals surface area contributed by atoms with Crippen LogP contribution in [0, 0.1) is 17.8 Å². The van der Waals surface area contributed by atoms with Crippen molar-refractivity contribution in [2.45, 2.75) is 172 Å². The average Bonchev–Trinajstić information content (AvgIpc) is 3.24. The summed E-state index contributed by atoms with van der Waals surface area (Å²) in [6, 6.07) is 2.95. The van der Waals surface area contributed by atoms with Gasteiger partial charge in [-0.1, -0.05) is 32.1 Å². The second-order valence-electron chi connectivity index (χ2n) is 18.6. The molecule has 3 N–H and O–H groups in total. The number of methoxy groups -OCH3 is 1. The lowest BCUT2D eigenvalue weighted by Crippen LogP contribution is -2.65. The van der Waals surface area contributed by atoms with Gasteiger partial charge in [-0.05, 0) is 98.1 Å². The lowest BCUT2D eigenvalue weighted by Gasteiger charge is -2.50. The van der Waals surface area contributed by atoms with Crippen LogP contribution >= 0.6 is 0 Å². The van der Waals surface area contributed by atoms with Crippen molar-refractivity contribution in [3.05, 3.63) is 36.2 Å². The predicted octanol–water partition coefficient (Wildman–Crippen LogP) is 3.31. The topological polar surface area (TPSA) is 222 Å². The van der Waals surface area contributed by atoms with Gasteiger partial charge in [-0.25, -0.2) is 0 Å². The van der Waals surface area contributed by atoms with Gasteiger partial charge in [0, 0.05) is 51.7 Å². The number of rotatable bonds is 15. The number of ether oxygens (including phenoxy) is 8. The summed E-state index contributed by atoms with van der Waals surface area (Å²) in [6.07, 6.45) is -1.95. The van der Waals surface area contributed by atoms with Crippen molar-refractivity contribution in [1.82, 2.24) is 14.8 Å². The van der Waals surface area contributed by atoms with E-state index in [0.717, 1.165) is 11.8 Å². The normalized spacial score (nSPS) is 37.0. The fraction of sp³-hybridized carbons (Fsp3) is 0.771. The van der Waals surface area contributed by atoms with Gasteiger partial charge in [-0.2, -0.15) is 0 Å². The van der Waals surface area contributed by atoms with Crippen LogP contribution in [0.15, 0.2) is 30.6 Å². The molecule has 18 nitrogen and oxygen atoms in total. The van der Waals surface area contributed by atoms with Crippen LogP contribution in [0.5, 0.6) is 0 Å². The molecule has 0 unspecified atom stereocenters. The SMILES string of the molecule is CCOC(=O)[C@H]1[C@H](C)O[C@@H](O[C@H]2[C@H](N(C)C)[C@@H](O)[C@H](O[C@H]3[C@@H](CC=O)C[C@@H](C)[C@@H](O)CN(C)CCC[C@H](C/C=C/c4cccnc4)OC(=O)C[C@@H](OC(=O)CC)[C@@H]3OC)O[C@@H]2C)C[C@@]1(C)O. The Bertz CT molecular complexity index is 1690. The van der Waals surface area contributed by atoms with Crippen molar-refractivity contribution in [2.24, 2.45) is 17.8 Å². The molecule has 1 aromatic heterocycles. The zero-order valence-electron chi connectivity index (χ0n) is 40.6. The molecule has 0 amide bonds. The number of pyridine rings is 1. The zero-order valence-corrected chi connectivity index (χ0v) is 40.6. The van der Waals surface area contributed by atoms with Gasteiger partial charge >= 0.3 is 17.9 Å². The molecular formula is C48H77N3O15. The highest BCUT2D eigenvalue weighted by Crippen LogP contribution is 2.39. The largest absolute Gasteiger partial charge is 0.466 e. The average molecular weight is 936 g/mol. The Morgan fingerprint density at radius 2 is 1.80 bits per heavy atom. The van der Waals surface area contributed by atoms with Crippen LogP contribution in [-0.2, 0) is 57.1 Å². The van der Waals surface area contributed by atoms with E-state index in [-0.39, 0.29) is 38.2 Å². The molecule has 0 bridgehead atoms. The Morgan fingerprint density at radius 3 is 2.42 bits per heavy atom. The Hall–Kier alpha value is -3.43. The number of hydrogen-bond donors (Lipinski definition) is 3. The molecule has 3 fully saturated rings. The first-order valence-electron chi connectivity index (χ1n) is 23.5. The molecule has 0 aromatic carbocycles. The van der Waals surface area contributed by atoms with Crippen molar-refractivity contribution in [3.63, 3.8) is 0 Å². The number of aliphatic hydroxyl groups is 3. The van der Waals surface area contributed by atoms with Gasteiger partial charge in [-0.3, -0.25) is 19.4 Å². The van der Waals surface area contributed by atoms with Gasteiger partial charge in [0.05, 0.1) is 49.1 Å². The Balaban J connectivity index is 1.69. The highest BCUT2D eigenvalue weighted by atomic mass is 16.7. The standard InChI is InChI=1S/C48H77N3O15/c1-11-37(54)64-36-25-38(55)63-34(18-13-16-32-17-14-21-49-27-32)19-15-22-51(9)28-35(53)29(3)24-33(20-23-52)44(45(36)59-10)66-47-42(56)41(50(7)8)43(31(5)62-47)65-39-26-48(6,58)40(30(4)61-39)46(57)60-12-2/h13-14,16-17,21,23,27,29-31,33-36,39-45,47,53,56,58H,11-12,15,18-20,22,24-26,28H2,1-10H3/b16-13+/t29-,30+,31-,33+,34+,35+,36-,39+,40-,41-,42-,43-,44+,45+,47+,48-/m1/s1. The van der Waals surface area contributed by atoms with E-state index in [0.29, 0.717) is 32.4 Å². The summed E-state index contributed by atoms with van der Waals surface area (Å²) in [5.74, 6) is -3.86. The summed E-state index contributed by atoms with van der Waals surface area (Å²) in [7, 11) is 6.80. The number of aliphatic hydroxyl groups excluding tert-OH is 2. The fourth-order valence-electron chi connectivity index (χ4n) is 9.52. The van der Waals surface area contributed by atoms with Crippen LogP contribution in [0.2, 0.25) is 0 Å². The second kappa shape index (κ2) is 26.4. The molecule has 0 radical (unpaired) electrons. The van der Waals surface area contributed by atoms with Gasteiger partial charge in [0.15, 0.2) is 12.6 Å². The van der Waals surface area contributed by atoms with Crippen molar-refractivity contribution >= 4 is 30.3 Å². The Morgan fingerprint density at radius 1 is 1.06 bits per heavy atom. The molecule has 3 saturated heterocycles. The molecule has 0 saturated carbocycles. The van der Waals surface area contributed by atoms with Crippen LogP contribution in [-0.4, -0.2) is 181 Å². The van der Waals surface area contributed by atoms with Crippen LogP contribution in [0.25, 0.3) is 6.08 Å². The molecule has 1 aromatic rings. The fourth-order valence-corrected chi connectivity index (χ4v) is 9.52. The Kier molecular flexibility index (Phi) is 22.0. The summed E-state index contributed by atoms with van der Waals surface area (Å²) < 4.78 is 49.3. The van der Waals surface area contributed by atoms with Crippen molar-refractivity contribution in [1.29, 1.82) is 0 Å². The minimum atomic E-state index is -1.54. The van der Waals surface area contributed by atoms with Crippen LogP contribution in [0.1, 0.15) is 98.5 Å². The maximum atomic E-state index is 14.0. The third kappa shape index (κ3) is 15.5. The number of likely N-dealkylation sites (N-methyl/N-ethyl adjacent to an activating group) is 2. The predicted molar refractivity (Wildman–Crippen MR) is 241 cm³/mol. The molecule has 374 valence electrons. The van der Waals surface area contributed by atoms with E-state index in [1.807, 2.05) is 43.2 Å². The third-order valence-corrected chi connectivity index (χ3v) is 13.0. The van der Waals surface area contributed by atoms with Crippen molar-refractivity contribution in [2.75, 3.05) is 47.9 Å². The summed E-state index contributed by atoms with van der Waals surface area (Å²) in [5.41, 5.74) is -0.653. The van der Waals surface area contributed by atoms with Crippen molar-refractivity contribution < 1.29 is 72.4 Å². The van der Waals surface area contributed by atoms with Crippen LogP contribution < -0.4 is 0 Å². The van der Waals surface area contributed by atoms with Crippen LogP contribution in [0.3, 0.4) is 0 Å². The summed E-state index contributed by atoms with van der Waals surface area (Å²) in [4.78, 5) is 60.4. The third-order valence-electron chi connectivity index (χ3n) is 13.0. The van der Waals surface area contributed by atoms with Gasteiger partial charge in [0.1, 0.15) is 42.7 Å². The maximum absolute atomic E-state index is 14.0. The molecular weight excluding hydrogens is 859 g/mol. The second-order valence-corrected chi connectivity index (χ2v) is 18.6. The van der Waals surface area contributed by atoms with E-state index in [2.05, 4.69) is 4.98 Å². The molecule has 3 aliphatic rings. The first-order valence-corrected chi connectivity index (χ1v) is 23.5. The van der Waals surface area contributed by atoms with E-state index in [1.165, 1.54) is 14.0 Å². The molecule has 16 atom stereocenters. The number of esters is 3. The van der Waals surface area contributed by atoms with E-state index in [9.17, 15) is 34.5 Å². The maximum Gasteiger partial charge on any atom is 0.314 e. The molecule has 4 heterocycles. The van der Waals surface area contributed by atoms with Crippen LogP contribution in [0.4, 0.5) is 0 Å². The highest BCUT2D eigenvalue weighted by molar-refractivity contribution is 5.75. The number of carbonyl (C=O) groups excluding carboxylic acids is 4. The van der Waals surface area contributed by atoms with Crippen molar-refractivity contribution in [3.8, 4) is 0 Å². The lowest BCUT2D eigenvalue weighted by atomic mass is 9.80.